The predicted molar refractivity (Wildman–Crippen MR) is 112 cm³/mol. The molecule has 1 atom stereocenters. The molecule has 0 aliphatic heterocycles. The highest BCUT2D eigenvalue weighted by atomic mass is 32.2. The Morgan fingerprint density at radius 1 is 1.17 bits per heavy atom. The molecule has 2 aromatic rings. The van der Waals surface area contributed by atoms with Crippen molar-refractivity contribution in [2.45, 2.75) is 33.2 Å². The monoisotopic (exact) mass is 422 g/mol. The lowest BCUT2D eigenvalue weighted by molar-refractivity contribution is -0.122. The molecule has 0 bridgehead atoms. The lowest BCUT2D eigenvalue weighted by atomic mass is 10.1. The summed E-state index contributed by atoms with van der Waals surface area (Å²) in [7, 11) is -3.88. The van der Waals surface area contributed by atoms with Crippen molar-refractivity contribution < 1.29 is 22.3 Å². The summed E-state index contributed by atoms with van der Waals surface area (Å²) in [6.07, 6.45) is 1.14. The first-order chi connectivity index (χ1) is 13.6. The van der Waals surface area contributed by atoms with Crippen LogP contribution in [0.4, 0.5) is 10.1 Å². The number of amides is 1. The summed E-state index contributed by atoms with van der Waals surface area (Å²) in [6.45, 7) is 6.03. The van der Waals surface area contributed by atoms with Gasteiger partial charge in [0.1, 0.15) is 24.2 Å². The molecule has 6 nitrogen and oxygen atoms in total. The summed E-state index contributed by atoms with van der Waals surface area (Å²) >= 11 is 0. The van der Waals surface area contributed by atoms with Crippen molar-refractivity contribution in [1.29, 1.82) is 0 Å². The van der Waals surface area contributed by atoms with Crippen LogP contribution in [0, 0.1) is 19.7 Å². The number of carbonyl (C=O) groups excluding carboxylic acids is 1. The quantitative estimate of drug-likeness (QED) is 0.630. The number of benzene rings is 2. The zero-order valence-electron chi connectivity index (χ0n) is 17.1. The Hall–Kier alpha value is -2.61. The van der Waals surface area contributed by atoms with E-state index >= 15 is 0 Å². The van der Waals surface area contributed by atoms with Crippen molar-refractivity contribution in [3.63, 3.8) is 0 Å². The fraction of sp³-hybridized carbons (Fsp3) is 0.381. The first kappa shape index (κ1) is 22.7. The van der Waals surface area contributed by atoms with E-state index in [1.165, 1.54) is 18.2 Å². The summed E-state index contributed by atoms with van der Waals surface area (Å²) in [4.78, 5) is 12.7. The number of hydrogen-bond acceptors (Lipinski definition) is 4. The number of carbonyl (C=O) groups is 1. The molecule has 0 aliphatic carbocycles. The van der Waals surface area contributed by atoms with Crippen LogP contribution in [0.15, 0.2) is 42.5 Å². The third-order valence-corrected chi connectivity index (χ3v) is 5.45. The van der Waals surface area contributed by atoms with E-state index in [2.05, 4.69) is 5.32 Å². The van der Waals surface area contributed by atoms with Gasteiger partial charge in [0.05, 0.1) is 18.5 Å². The number of ether oxygens (including phenoxy) is 1. The number of aryl methyl sites for hydroxylation is 2. The SMILES string of the molecule is CC[C@@H](C(=O)NCCOc1cc(C)cc(C)c1)N(c1ccccc1F)S(C)(=O)=O. The minimum Gasteiger partial charge on any atom is -0.492 e. The van der Waals surface area contributed by atoms with Crippen LogP contribution < -0.4 is 14.4 Å². The Morgan fingerprint density at radius 2 is 1.79 bits per heavy atom. The highest BCUT2D eigenvalue weighted by Gasteiger charge is 2.32. The van der Waals surface area contributed by atoms with Crippen LogP contribution in [0.3, 0.4) is 0 Å². The minimum atomic E-state index is -3.88. The predicted octanol–water partition coefficient (Wildman–Crippen LogP) is 3.18. The molecule has 0 spiro atoms. The number of anilines is 1. The van der Waals surface area contributed by atoms with Crippen molar-refractivity contribution >= 4 is 21.6 Å². The zero-order chi connectivity index (χ0) is 21.6. The van der Waals surface area contributed by atoms with E-state index in [4.69, 9.17) is 4.74 Å². The fourth-order valence-electron chi connectivity index (χ4n) is 3.14. The molecule has 1 amide bonds. The molecule has 0 aromatic heterocycles. The average molecular weight is 423 g/mol. The van der Waals surface area contributed by atoms with Crippen molar-refractivity contribution in [3.8, 4) is 5.75 Å². The summed E-state index contributed by atoms with van der Waals surface area (Å²) < 4.78 is 45.4. The fourth-order valence-corrected chi connectivity index (χ4v) is 4.36. The van der Waals surface area contributed by atoms with Gasteiger partial charge < -0.3 is 10.1 Å². The second kappa shape index (κ2) is 9.73. The maximum Gasteiger partial charge on any atom is 0.244 e. The van der Waals surface area contributed by atoms with Gasteiger partial charge >= 0.3 is 0 Å². The van der Waals surface area contributed by atoms with Crippen LogP contribution in [0.25, 0.3) is 0 Å². The molecule has 2 aromatic carbocycles. The summed E-state index contributed by atoms with van der Waals surface area (Å²) in [5.74, 6) is -0.513. The Labute approximate surface area is 171 Å². The van der Waals surface area contributed by atoms with Gasteiger partial charge in [-0.15, -0.1) is 0 Å². The summed E-state index contributed by atoms with van der Waals surface area (Å²) in [6, 6.07) is 10.3. The van der Waals surface area contributed by atoms with E-state index < -0.39 is 27.8 Å². The van der Waals surface area contributed by atoms with Crippen molar-refractivity contribution in [2.75, 3.05) is 23.7 Å². The molecule has 0 saturated carbocycles. The number of para-hydroxylation sites is 1. The molecule has 158 valence electrons. The van der Waals surface area contributed by atoms with E-state index in [9.17, 15) is 17.6 Å². The number of nitrogens with one attached hydrogen (secondary N) is 1. The number of sulfonamides is 1. The van der Waals surface area contributed by atoms with Gasteiger partial charge in [-0.1, -0.05) is 25.1 Å². The van der Waals surface area contributed by atoms with Crippen LogP contribution in [-0.2, 0) is 14.8 Å². The molecule has 0 heterocycles. The molecule has 2 rings (SSSR count). The first-order valence-electron chi connectivity index (χ1n) is 9.36. The molecule has 0 unspecified atom stereocenters. The van der Waals surface area contributed by atoms with Gasteiger partial charge in [-0.2, -0.15) is 0 Å². The maximum absolute atomic E-state index is 14.2. The van der Waals surface area contributed by atoms with Crippen LogP contribution in [0.5, 0.6) is 5.75 Å². The van der Waals surface area contributed by atoms with Gasteiger partial charge in [0.2, 0.25) is 15.9 Å². The largest absolute Gasteiger partial charge is 0.492 e. The minimum absolute atomic E-state index is 0.150. The van der Waals surface area contributed by atoms with E-state index in [1.54, 1.807) is 6.92 Å². The molecule has 0 radical (unpaired) electrons. The van der Waals surface area contributed by atoms with E-state index in [-0.39, 0.29) is 25.3 Å². The van der Waals surface area contributed by atoms with Gasteiger partial charge in [-0.05, 0) is 55.7 Å². The van der Waals surface area contributed by atoms with Crippen LogP contribution in [-0.4, -0.2) is 39.8 Å². The normalized spacial score (nSPS) is 12.3. The molecular weight excluding hydrogens is 395 g/mol. The molecule has 0 fully saturated rings. The maximum atomic E-state index is 14.2. The molecule has 1 N–H and O–H groups in total. The Bertz CT molecular complexity index is 943. The van der Waals surface area contributed by atoms with Crippen molar-refractivity contribution in [2.24, 2.45) is 0 Å². The summed E-state index contributed by atoms with van der Waals surface area (Å²) in [5.41, 5.74) is 2.00. The third-order valence-electron chi connectivity index (χ3n) is 4.28. The Morgan fingerprint density at radius 3 is 2.34 bits per heavy atom. The highest BCUT2D eigenvalue weighted by molar-refractivity contribution is 7.92. The topological polar surface area (TPSA) is 75.7 Å². The van der Waals surface area contributed by atoms with Gasteiger partial charge in [0.25, 0.3) is 0 Å². The highest BCUT2D eigenvalue weighted by Crippen LogP contribution is 2.25. The average Bonchev–Trinajstić information content (AvgIpc) is 2.62. The molecule has 0 saturated heterocycles. The summed E-state index contributed by atoms with van der Waals surface area (Å²) in [5, 5.41) is 2.68. The van der Waals surface area contributed by atoms with Crippen LogP contribution >= 0.6 is 0 Å². The smallest absolute Gasteiger partial charge is 0.244 e. The Kier molecular flexibility index (Phi) is 7.61. The third kappa shape index (κ3) is 6.19. The van der Waals surface area contributed by atoms with Gasteiger partial charge in [-0.25, -0.2) is 12.8 Å². The zero-order valence-corrected chi connectivity index (χ0v) is 17.9. The number of halogens is 1. The first-order valence-corrected chi connectivity index (χ1v) is 11.2. The number of hydrogen-bond donors (Lipinski definition) is 1. The van der Waals surface area contributed by atoms with E-state index in [0.717, 1.165) is 27.8 Å². The second-order valence-electron chi connectivity index (χ2n) is 6.90. The molecule has 0 aliphatic rings. The molecule has 29 heavy (non-hydrogen) atoms. The van der Waals surface area contributed by atoms with Crippen LogP contribution in [0.1, 0.15) is 24.5 Å². The van der Waals surface area contributed by atoms with Gasteiger partial charge in [-0.3, -0.25) is 9.10 Å². The van der Waals surface area contributed by atoms with Crippen molar-refractivity contribution in [3.05, 3.63) is 59.4 Å². The standard InChI is InChI=1S/C21H27FN2O4S/c1-5-19(24(29(4,26)27)20-9-7-6-8-18(20)22)21(25)23-10-11-28-17-13-15(2)12-16(3)14-17/h6-9,12-14,19H,5,10-11H2,1-4H3,(H,23,25)/t19-/m0/s1. The lowest BCUT2D eigenvalue weighted by Crippen LogP contribution is -2.50. The van der Waals surface area contributed by atoms with Gasteiger partial charge in [0.15, 0.2) is 0 Å². The number of nitrogens with zero attached hydrogens (tertiary/aromatic N) is 1. The van der Waals surface area contributed by atoms with Gasteiger partial charge in [0, 0.05) is 0 Å². The van der Waals surface area contributed by atoms with E-state index in [1.807, 2.05) is 32.0 Å². The Balaban J connectivity index is 2.07. The molecule has 8 heteroatoms. The van der Waals surface area contributed by atoms with E-state index in [0.29, 0.717) is 5.75 Å². The van der Waals surface area contributed by atoms with Crippen LogP contribution in [0.2, 0.25) is 0 Å². The van der Waals surface area contributed by atoms with Crippen molar-refractivity contribution in [1.82, 2.24) is 5.32 Å². The molecular formula is C21H27FN2O4S. The number of rotatable bonds is 9. The second-order valence-corrected chi connectivity index (χ2v) is 8.76. The lowest BCUT2D eigenvalue weighted by Gasteiger charge is -2.30.